The smallest absolute Gasteiger partial charge is 0.320 e. The van der Waals surface area contributed by atoms with Gasteiger partial charge in [-0.05, 0) is 42.3 Å². The van der Waals surface area contributed by atoms with E-state index >= 15 is 0 Å². The van der Waals surface area contributed by atoms with Gasteiger partial charge >= 0.3 is 6.03 Å². The van der Waals surface area contributed by atoms with E-state index < -0.39 is 0 Å². The van der Waals surface area contributed by atoms with Gasteiger partial charge < -0.3 is 10.2 Å². The van der Waals surface area contributed by atoms with Crippen molar-refractivity contribution in [3.63, 3.8) is 0 Å². The monoisotopic (exact) mass is 361 g/mol. The number of nitrogens with one attached hydrogen (secondary N) is 1. The first-order chi connectivity index (χ1) is 11.5. The van der Waals surface area contributed by atoms with E-state index in [4.69, 9.17) is 28.5 Å². The van der Waals surface area contributed by atoms with Crippen molar-refractivity contribution in [3.05, 3.63) is 63.6 Å². The van der Waals surface area contributed by atoms with Crippen LogP contribution in [0.25, 0.3) is 0 Å². The van der Waals surface area contributed by atoms with E-state index in [1.807, 2.05) is 19.1 Å². The molecule has 0 aliphatic heterocycles. The zero-order chi connectivity index (χ0) is 17.5. The first-order valence-electron chi connectivity index (χ1n) is 7.53. The molecule has 0 saturated heterocycles. The molecule has 6 heteroatoms. The lowest BCUT2D eigenvalue weighted by molar-refractivity contribution is 0.209. The zero-order valence-corrected chi connectivity index (χ0v) is 14.7. The van der Waals surface area contributed by atoms with Crippen molar-refractivity contribution in [2.75, 3.05) is 11.9 Å². The third-order valence-corrected chi connectivity index (χ3v) is 3.96. The van der Waals surface area contributed by atoms with Crippen LogP contribution >= 0.6 is 23.2 Å². The van der Waals surface area contributed by atoms with Crippen LogP contribution in [0, 0.1) is 11.3 Å². The molecule has 0 spiro atoms. The predicted octanol–water partition coefficient (Wildman–Crippen LogP) is 5.31. The Morgan fingerprint density at radius 3 is 2.50 bits per heavy atom. The number of amides is 2. The Balaban J connectivity index is 2.10. The van der Waals surface area contributed by atoms with Gasteiger partial charge in [0.2, 0.25) is 0 Å². The predicted molar refractivity (Wildman–Crippen MR) is 97.3 cm³/mol. The molecule has 2 rings (SSSR count). The third-order valence-electron chi connectivity index (χ3n) is 3.41. The van der Waals surface area contributed by atoms with Crippen molar-refractivity contribution in [2.24, 2.45) is 0 Å². The highest BCUT2D eigenvalue weighted by Crippen LogP contribution is 2.25. The second-order valence-electron chi connectivity index (χ2n) is 5.28. The fourth-order valence-corrected chi connectivity index (χ4v) is 2.67. The van der Waals surface area contributed by atoms with Crippen LogP contribution in [-0.4, -0.2) is 17.5 Å². The molecule has 0 radical (unpaired) electrons. The summed E-state index contributed by atoms with van der Waals surface area (Å²) < 4.78 is 0. The highest BCUT2D eigenvalue weighted by atomic mass is 35.5. The number of carbonyl (C=O) groups excluding carboxylic acids is 1. The number of rotatable bonds is 5. The van der Waals surface area contributed by atoms with Gasteiger partial charge in [0.15, 0.2) is 0 Å². The molecule has 0 saturated carbocycles. The quantitative estimate of drug-likeness (QED) is 0.784. The summed E-state index contributed by atoms with van der Waals surface area (Å²) >= 11 is 12.0. The van der Waals surface area contributed by atoms with E-state index in [-0.39, 0.29) is 6.03 Å². The first kappa shape index (κ1) is 18.1. The maximum atomic E-state index is 12.5. The Morgan fingerprint density at radius 1 is 1.21 bits per heavy atom. The Bertz CT molecular complexity index is 754. The molecule has 0 aromatic heterocycles. The van der Waals surface area contributed by atoms with E-state index in [0.717, 1.165) is 12.0 Å². The van der Waals surface area contributed by atoms with Gasteiger partial charge in [-0.1, -0.05) is 42.3 Å². The summed E-state index contributed by atoms with van der Waals surface area (Å²) in [5.41, 5.74) is 2.07. The molecule has 0 unspecified atom stereocenters. The van der Waals surface area contributed by atoms with Crippen LogP contribution in [0.5, 0.6) is 0 Å². The molecule has 0 fully saturated rings. The zero-order valence-electron chi connectivity index (χ0n) is 13.2. The van der Waals surface area contributed by atoms with Gasteiger partial charge in [-0.25, -0.2) is 4.79 Å². The number of nitrogens with zero attached hydrogens (tertiary/aromatic N) is 2. The second-order valence-corrected chi connectivity index (χ2v) is 6.13. The summed E-state index contributed by atoms with van der Waals surface area (Å²) in [4.78, 5) is 14.2. The average molecular weight is 362 g/mol. The van der Waals surface area contributed by atoms with Gasteiger partial charge in [-0.15, -0.1) is 0 Å². The topological polar surface area (TPSA) is 56.1 Å². The van der Waals surface area contributed by atoms with Gasteiger partial charge in [0, 0.05) is 18.1 Å². The number of urea groups is 1. The minimum Gasteiger partial charge on any atom is -0.320 e. The van der Waals surface area contributed by atoms with E-state index in [0.29, 0.717) is 34.4 Å². The molecular weight excluding hydrogens is 345 g/mol. The van der Waals surface area contributed by atoms with Crippen LogP contribution in [-0.2, 0) is 6.54 Å². The number of anilines is 1. The first-order valence-corrected chi connectivity index (χ1v) is 8.29. The molecule has 4 nitrogen and oxygen atoms in total. The van der Waals surface area contributed by atoms with E-state index in [9.17, 15) is 4.79 Å². The molecular formula is C18H17Cl2N3O. The molecule has 0 aliphatic rings. The van der Waals surface area contributed by atoms with Crippen molar-refractivity contribution >= 4 is 34.9 Å². The standard InChI is InChI=1S/C18H17Cl2N3O/c1-2-9-23(12-14-5-3-13(11-21)4-6-14)18(24)22-17-8-7-15(19)10-16(17)20/h3-8,10H,2,9,12H2,1H3,(H,22,24). The maximum absolute atomic E-state index is 12.5. The SMILES string of the molecule is CCCN(Cc1ccc(C#N)cc1)C(=O)Nc1ccc(Cl)cc1Cl. The lowest BCUT2D eigenvalue weighted by atomic mass is 10.1. The number of benzene rings is 2. The minimum atomic E-state index is -0.231. The lowest BCUT2D eigenvalue weighted by Crippen LogP contribution is -2.35. The fraction of sp³-hybridized carbons (Fsp3) is 0.222. The van der Waals surface area contributed by atoms with Crippen molar-refractivity contribution in [2.45, 2.75) is 19.9 Å². The third kappa shape index (κ3) is 4.89. The highest BCUT2D eigenvalue weighted by Gasteiger charge is 2.15. The molecule has 1 N–H and O–H groups in total. The summed E-state index contributed by atoms with van der Waals surface area (Å²) in [6.07, 6.45) is 0.831. The van der Waals surface area contributed by atoms with Crippen molar-refractivity contribution in [1.29, 1.82) is 5.26 Å². The summed E-state index contributed by atoms with van der Waals surface area (Å²) in [6, 6.07) is 14.0. The summed E-state index contributed by atoms with van der Waals surface area (Å²) in [6.45, 7) is 3.07. The van der Waals surface area contributed by atoms with Crippen LogP contribution < -0.4 is 5.32 Å². The summed E-state index contributed by atoms with van der Waals surface area (Å²) in [5.74, 6) is 0. The van der Waals surface area contributed by atoms with Gasteiger partial charge in [0.05, 0.1) is 22.3 Å². The molecule has 2 amide bonds. The molecule has 24 heavy (non-hydrogen) atoms. The molecule has 0 aliphatic carbocycles. The van der Waals surface area contributed by atoms with Gasteiger partial charge in [-0.3, -0.25) is 0 Å². The average Bonchev–Trinajstić information content (AvgIpc) is 2.57. The number of nitriles is 1. The van der Waals surface area contributed by atoms with E-state index in [1.54, 1.807) is 35.2 Å². The Hall–Kier alpha value is -2.22. The highest BCUT2D eigenvalue weighted by molar-refractivity contribution is 6.36. The lowest BCUT2D eigenvalue weighted by Gasteiger charge is -2.23. The summed E-state index contributed by atoms with van der Waals surface area (Å²) in [5, 5.41) is 12.6. The number of carbonyl (C=O) groups is 1. The molecule has 0 heterocycles. The largest absolute Gasteiger partial charge is 0.322 e. The Labute approximate surface area is 151 Å². The second kappa shape index (κ2) is 8.58. The van der Waals surface area contributed by atoms with Gasteiger partial charge in [0.1, 0.15) is 0 Å². The van der Waals surface area contributed by atoms with Crippen LogP contribution in [0.15, 0.2) is 42.5 Å². The van der Waals surface area contributed by atoms with Crippen molar-refractivity contribution < 1.29 is 4.79 Å². The van der Waals surface area contributed by atoms with E-state index in [2.05, 4.69) is 11.4 Å². The fourth-order valence-electron chi connectivity index (χ4n) is 2.21. The van der Waals surface area contributed by atoms with Gasteiger partial charge in [-0.2, -0.15) is 5.26 Å². The molecule has 124 valence electrons. The number of halogens is 2. The maximum Gasteiger partial charge on any atom is 0.322 e. The normalized spacial score (nSPS) is 10.1. The Kier molecular flexibility index (Phi) is 6.48. The molecule has 2 aromatic rings. The van der Waals surface area contributed by atoms with Gasteiger partial charge in [0.25, 0.3) is 0 Å². The van der Waals surface area contributed by atoms with Crippen LogP contribution in [0.2, 0.25) is 10.0 Å². The summed E-state index contributed by atoms with van der Waals surface area (Å²) in [7, 11) is 0. The van der Waals surface area contributed by atoms with Crippen LogP contribution in [0.4, 0.5) is 10.5 Å². The van der Waals surface area contributed by atoms with Crippen molar-refractivity contribution in [1.82, 2.24) is 4.90 Å². The number of hydrogen-bond donors (Lipinski definition) is 1. The number of hydrogen-bond acceptors (Lipinski definition) is 2. The van der Waals surface area contributed by atoms with Crippen LogP contribution in [0.1, 0.15) is 24.5 Å². The molecule has 0 bridgehead atoms. The van der Waals surface area contributed by atoms with E-state index in [1.165, 1.54) is 0 Å². The van der Waals surface area contributed by atoms with Crippen LogP contribution in [0.3, 0.4) is 0 Å². The molecule has 0 atom stereocenters. The molecule has 2 aromatic carbocycles. The minimum absolute atomic E-state index is 0.231. The van der Waals surface area contributed by atoms with Crippen molar-refractivity contribution in [3.8, 4) is 6.07 Å². The Morgan fingerprint density at radius 2 is 1.92 bits per heavy atom.